The minimum atomic E-state index is -3.71. The van der Waals surface area contributed by atoms with E-state index in [0.717, 1.165) is 11.1 Å². The Morgan fingerprint density at radius 1 is 1.00 bits per heavy atom. The molecule has 3 aromatic rings. The number of hydrogen-bond acceptors (Lipinski definition) is 4. The van der Waals surface area contributed by atoms with E-state index in [1.54, 1.807) is 42.9 Å². The fraction of sp³-hybridized carbons (Fsp3) is 0.0588. The van der Waals surface area contributed by atoms with Crippen molar-refractivity contribution in [2.45, 2.75) is 11.4 Å². The second-order valence-electron chi connectivity index (χ2n) is 5.01. The Kier molecular flexibility index (Phi) is 4.89. The SMILES string of the molecule is O=S(=O)(NCc1cccnc1-c1cccnc1)c1ccccc1Cl. The molecule has 0 fully saturated rings. The largest absolute Gasteiger partial charge is 0.264 e. The van der Waals surface area contributed by atoms with Crippen molar-refractivity contribution in [1.29, 1.82) is 0 Å². The van der Waals surface area contributed by atoms with Crippen LogP contribution in [0.3, 0.4) is 0 Å². The van der Waals surface area contributed by atoms with Gasteiger partial charge in [-0.25, -0.2) is 13.1 Å². The number of nitrogens with one attached hydrogen (secondary N) is 1. The standard InChI is InChI=1S/C17H14ClN3O2S/c18-15-7-1-2-8-16(15)24(22,23)21-12-14-6-4-10-20-17(14)13-5-3-9-19-11-13/h1-11,21H,12H2. The van der Waals surface area contributed by atoms with Gasteiger partial charge in [-0.1, -0.05) is 29.8 Å². The Bertz CT molecular complexity index is 947. The summed E-state index contributed by atoms with van der Waals surface area (Å²) in [5.74, 6) is 0. The molecule has 7 heteroatoms. The van der Waals surface area contributed by atoms with Crippen molar-refractivity contribution in [3.63, 3.8) is 0 Å². The zero-order chi connectivity index (χ0) is 17.0. The molecule has 0 atom stereocenters. The normalized spacial score (nSPS) is 11.4. The minimum Gasteiger partial charge on any atom is -0.264 e. The van der Waals surface area contributed by atoms with Crippen LogP contribution >= 0.6 is 11.6 Å². The van der Waals surface area contributed by atoms with Crippen molar-refractivity contribution < 1.29 is 8.42 Å². The third kappa shape index (κ3) is 3.62. The van der Waals surface area contributed by atoms with E-state index < -0.39 is 10.0 Å². The van der Waals surface area contributed by atoms with Gasteiger partial charge in [-0.3, -0.25) is 9.97 Å². The molecule has 0 radical (unpaired) electrons. The second-order valence-corrected chi connectivity index (χ2v) is 7.15. The maximum Gasteiger partial charge on any atom is 0.242 e. The molecule has 0 bridgehead atoms. The van der Waals surface area contributed by atoms with E-state index in [2.05, 4.69) is 14.7 Å². The number of halogens is 1. The summed E-state index contributed by atoms with van der Waals surface area (Å²) in [7, 11) is -3.71. The van der Waals surface area contributed by atoms with E-state index >= 15 is 0 Å². The maximum absolute atomic E-state index is 12.4. The molecule has 0 spiro atoms. The summed E-state index contributed by atoms with van der Waals surface area (Å²) in [4.78, 5) is 8.47. The maximum atomic E-state index is 12.4. The van der Waals surface area contributed by atoms with E-state index in [4.69, 9.17) is 11.6 Å². The smallest absolute Gasteiger partial charge is 0.242 e. The van der Waals surface area contributed by atoms with Gasteiger partial charge in [0.05, 0.1) is 10.7 Å². The van der Waals surface area contributed by atoms with Crippen LogP contribution in [0.4, 0.5) is 0 Å². The first-order chi connectivity index (χ1) is 11.6. The topological polar surface area (TPSA) is 72.0 Å². The minimum absolute atomic E-state index is 0.0542. The lowest BCUT2D eigenvalue weighted by molar-refractivity contribution is 0.581. The van der Waals surface area contributed by atoms with E-state index in [-0.39, 0.29) is 16.5 Å². The number of nitrogens with zero attached hydrogens (tertiary/aromatic N) is 2. The van der Waals surface area contributed by atoms with Gasteiger partial charge >= 0.3 is 0 Å². The quantitative estimate of drug-likeness (QED) is 0.758. The monoisotopic (exact) mass is 359 g/mol. The first kappa shape index (κ1) is 16.6. The van der Waals surface area contributed by atoms with E-state index in [1.165, 1.54) is 6.07 Å². The molecule has 0 amide bonds. The molecule has 5 nitrogen and oxygen atoms in total. The predicted molar refractivity (Wildman–Crippen MR) is 92.9 cm³/mol. The first-order valence-electron chi connectivity index (χ1n) is 7.16. The highest BCUT2D eigenvalue weighted by Gasteiger charge is 2.18. The summed E-state index contributed by atoms with van der Waals surface area (Å²) in [6.07, 6.45) is 5.02. The Hall–Kier alpha value is -2.28. The lowest BCUT2D eigenvalue weighted by Gasteiger charge is -2.11. The van der Waals surface area contributed by atoms with Crippen molar-refractivity contribution in [3.8, 4) is 11.3 Å². The molecule has 3 rings (SSSR count). The number of aromatic nitrogens is 2. The summed E-state index contributed by atoms with van der Waals surface area (Å²) >= 11 is 5.98. The van der Waals surface area contributed by atoms with E-state index in [1.807, 2.05) is 18.2 Å². The lowest BCUT2D eigenvalue weighted by atomic mass is 10.1. The van der Waals surface area contributed by atoms with Crippen LogP contribution in [0.15, 0.2) is 72.0 Å². The third-order valence-corrected chi connectivity index (χ3v) is 5.31. The zero-order valence-corrected chi connectivity index (χ0v) is 14.1. The van der Waals surface area contributed by atoms with Gasteiger partial charge in [0, 0.05) is 30.7 Å². The summed E-state index contributed by atoms with van der Waals surface area (Å²) in [5, 5.41) is 0.184. The van der Waals surface area contributed by atoms with Gasteiger partial charge in [0.2, 0.25) is 10.0 Å². The summed E-state index contributed by atoms with van der Waals surface area (Å²) < 4.78 is 27.5. The number of hydrogen-bond donors (Lipinski definition) is 1. The summed E-state index contributed by atoms with van der Waals surface area (Å²) in [6.45, 7) is 0.103. The Labute approximate surface area is 145 Å². The summed E-state index contributed by atoms with van der Waals surface area (Å²) in [6, 6.07) is 13.6. The molecular weight excluding hydrogens is 346 g/mol. The van der Waals surface area contributed by atoms with E-state index in [9.17, 15) is 8.42 Å². The molecule has 0 saturated carbocycles. The van der Waals surface area contributed by atoms with Crippen LogP contribution in [0, 0.1) is 0 Å². The highest BCUT2D eigenvalue weighted by atomic mass is 35.5. The zero-order valence-electron chi connectivity index (χ0n) is 12.6. The average molecular weight is 360 g/mol. The molecule has 1 N–H and O–H groups in total. The fourth-order valence-electron chi connectivity index (χ4n) is 2.26. The average Bonchev–Trinajstić information content (AvgIpc) is 2.61. The molecule has 2 aromatic heterocycles. The molecule has 0 unspecified atom stereocenters. The van der Waals surface area contributed by atoms with Gasteiger partial charge in [0.25, 0.3) is 0 Å². The van der Waals surface area contributed by atoms with Crippen LogP contribution in [0.5, 0.6) is 0 Å². The molecule has 1 aromatic carbocycles. The molecule has 122 valence electrons. The fourth-order valence-corrected chi connectivity index (χ4v) is 3.78. The van der Waals surface area contributed by atoms with Crippen LogP contribution in [0.25, 0.3) is 11.3 Å². The molecule has 0 aliphatic rings. The van der Waals surface area contributed by atoms with Gasteiger partial charge in [0.1, 0.15) is 4.90 Å². The highest BCUT2D eigenvalue weighted by Crippen LogP contribution is 2.23. The lowest BCUT2D eigenvalue weighted by Crippen LogP contribution is -2.24. The molecule has 0 aliphatic heterocycles. The second kappa shape index (κ2) is 7.09. The Morgan fingerprint density at radius 3 is 2.54 bits per heavy atom. The third-order valence-electron chi connectivity index (χ3n) is 3.41. The van der Waals surface area contributed by atoms with Gasteiger partial charge in [-0.2, -0.15) is 0 Å². The van der Waals surface area contributed by atoms with Crippen molar-refractivity contribution in [2.24, 2.45) is 0 Å². The Balaban J connectivity index is 1.87. The van der Waals surface area contributed by atoms with Gasteiger partial charge in [0.15, 0.2) is 0 Å². The van der Waals surface area contributed by atoms with Crippen molar-refractivity contribution in [3.05, 3.63) is 77.7 Å². The van der Waals surface area contributed by atoms with Crippen LogP contribution in [0.2, 0.25) is 5.02 Å². The highest BCUT2D eigenvalue weighted by molar-refractivity contribution is 7.89. The van der Waals surface area contributed by atoms with Crippen LogP contribution in [-0.2, 0) is 16.6 Å². The Morgan fingerprint density at radius 2 is 1.79 bits per heavy atom. The number of benzene rings is 1. The number of sulfonamides is 1. The van der Waals surface area contributed by atoms with Gasteiger partial charge < -0.3 is 0 Å². The first-order valence-corrected chi connectivity index (χ1v) is 9.02. The number of pyridine rings is 2. The molecule has 24 heavy (non-hydrogen) atoms. The summed E-state index contributed by atoms with van der Waals surface area (Å²) in [5.41, 5.74) is 2.26. The van der Waals surface area contributed by atoms with Crippen LogP contribution in [0.1, 0.15) is 5.56 Å². The molecule has 2 heterocycles. The van der Waals surface area contributed by atoms with Gasteiger partial charge in [-0.15, -0.1) is 0 Å². The van der Waals surface area contributed by atoms with Crippen molar-refractivity contribution in [1.82, 2.24) is 14.7 Å². The molecule has 0 saturated heterocycles. The number of rotatable bonds is 5. The van der Waals surface area contributed by atoms with Crippen molar-refractivity contribution >= 4 is 21.6 Å². The van der Waals surface area contributed by atoms with Crippen LogP contribution in [-0.4, -0.2) is 18.4 Å². The van der Waals surface area contributed by atoms with Gasteiger partial charge in [-0.05, 0) is 35.9 Å². The van der Waals surface area contributed by atoms with Crippen LogP contribution < -0.4 is 4.72 Å². The van der Waals surface area contributed by atoms with E-state index in [0.29, 0.717) is 5.69 Å². The predicted octanol–water partition coefficient (Wildman–Crippen LogP) is 3.28. The van der Waals surface area contributed by atoms with Crippen molar-refractivity contribution in [2.75, 3.05) is 0 Å². The molecule has 0 aliphatic carbocycles. The molecular formula is C17H14ClN3O2S.